The monoisotopic (exact) mass is 275 g/mol. The summed E-state index contributed by atoms with van der Waals surface area (Å²) in [5, 5.41) is 12.3. The molecule has 0 fully saturated rings. The fourth-order valence-corrected chi connectivity index (χ4v) is 1.76. The molecule has 0 aromatic heterocycles. The summed E-state index contributed by atoms with van der Waals surface area (Å²) in [4.78, 5) is 0. The van der Waals surface area contributed by atoms with Gasteiger partial charge in [0.25, 0.3) is 0 Å². The van der Waals surface area contributed by atoms with Crippen LogP contribution in [-0.2, 0) is 0 Å². The van der Waals surface area contributed by atoms with E-state index < -0.39 is 0 Å². The smallest absolute Gasteiger partial charge is 0.129 e. The van der Waals surface area contributed by atoms with Gasteiger partial charge in [0.1, 0.15) is 5.82 Å². The number of halogens is 2. The van der Waals surface area contributed by atoms with E-state index in [2.05, 4.69) is 21.2 Å². The third kappa shape index (κ3) is 3.55. The Kier molecular flexibility index (Phi) is 4.70. The van der Waals surface area contributed by atoms with Gasteiger partial charge in [-0.3, -0.25) is 0 Å². The molecule has 1 aromatic rings. The summed E-state index contributed by atoms with van der Waals surface area (Å²) in [6.07, 6.45) is 0. The zero-order valence-electron chi connectivity index (χ0n) is 8.80. The van der Waals surface area contributed by atoms with Crippen LogP contribution >= 0.6 is 15.9 Å². The van der Waals surface area contributed by atoms with E-state index in [1.165, 1.54) is 6.07 Å². The first-order valence-corrected chi connectivity index (χ1v) is 5.65. The van der Waals surface area contributed by atoms with E-state index in [4.69, 9.17) is 0 Å². The first kappa shape index (κ1) is 12.6. The largest absolute Gasteiger partial charge is 0.394 e. The van der Waals surface area contributed by atoms with Gasteiger partial charge in [-0.2, -0.15) is 0 Å². The molecule has 4 heteroatoms. The molecular weight excluding hydrogens is 261 g/mol. The van der Waals surface area contributed by atoms with Crippen LogP contribution < -0.4 is 5.32 Å². The van der Waals surface area contributed by atoms with Gasteiger partial charge in [-0.15, -0.1) is 0 Å². The van der Waals surface area contributed by atoms with Gasteiger partial charge in [0, 0.05) is 16.1 Å². The Balaban J connectivity index is 2.91. The quantitative estimate of drug-likeness (QED) is 0.886. The van der Waals surface area contributed by atoms with Crippen molar-refractivity contribution in [3.05, 3.63) is 34.1 Å². The van der Waals surface area contributed by atoms with E-state index in [1.54, 1.807) is 12.1 Å². The van der Waals surface area contributed by atoms with Crippen molar-refractivity contribution in [2.24, 2.45) is 0 Å². The zero-order chi connectivity index (χ0) is 11.4. The minimum absolute atomic E-state index is 0.114. The molecule has 84 valence electrons. The number of hydrogen-bond donors (Lipinski definition) is 2. The van der Waals surface area contributed by atoms with E-state index in [-0.39, 0.29) is 24.5 Å². The topological polar surface area (TPSA) is 32.3 Å². The van der Waals surface area contributed by atoms with Crippen molar-refractivity contribution < 1.29 is 9.50 Å². The Morgan fingerprint density at radius 1 is 1.47 bits per heavy atom. The molecule has 1 atom stereocenters. The van der Waals surface area contributed by atoms with Crippen molar-refractivity contribution in [3.8, 4) is 0 Å². The van der Waals surface area contributed by atoms with Crippen molar-refractivity contribution in [1.82, 2.24) is 5.32 Å². The number of aliphatic hydroxyl groups excluding tert-OH is 1. The van der Waals surface area contributed by atoms with Gasteiger partial charge < -0.3 is 10.4 Å². The van der Waals surface area contributed by atoms with Crippen molar-refractivity contribution in [2.45, 2.75) is 25.9 Å². The predicted molar refractivity (Wildman–Crippen MR) is 62.2 cm³/mol. The lowest BCUT2D eigenvalue weighted by molar-refractivity contribution is 0.234. The summed E-state index contributed by atoms with van der Waals surface area (Å²) in [5.74, 6) is -0.309. The molecule has 0 heterocycles. The van der Waals surface area contributed by atoms with Crippen LogP contribution in [0.1, 0.15) is 25.5 Å². The van der Waals surface area contributed by atoms with Crippen LogP contribution in [0.15, 0.2) is 22.7 Å². The second kappa shape index (κ2) is 5.58. The van der Waals surface area contributed by atoms with Crippen LogP contribution in [0.2, 0.25) is 0 Å². The first-order chi connectivity index (χ1) is 7.04. The molecule has 1 unspecified atom stereocenters. The highest BCUT2D eigenvalue weighted by atomic mass is 79.9. The zero-order valence-corrected chi connectivity index (χ0v) is 10.4. The van der Waals surface area contributed by atoms with Gasteiger partial charge in [0.2, 0.25) is 0 Å². The minimum atomic E-state index is -0.349. The molecule has 0 aliphatic heterocycles. The van der Waals surface area contributed by atoms with Gasteiger partial charge in [0.05, 0.1) is 12.6 Å². The molecule has 0 aliphatic rings. The average molecular weight is 276 g/mol. The third-order valence-corrected chi connectivity index (χ3v) is 2.55. The van der Waals surface area contributed by atoms with Crippen LogP contribution in [0, 0.1) is 5.82 Å². The Labute approximate surface area is 97.6 Å². The Morgan fingerprint density at radius 3 is 2.60 bits per heavy atom. The number of hydrogen-bond acceptors (Lipinski definition) is 2. The molecule has 0 aliphatic carbocycles. The maximum Gasteiger partial charge on any atom is 0.129 e. The Morgan fingerprint density at radius 2 is 2.13 bits per heavy atom. The fourth-order valence-electron chi connectivity index (χ4n) is 1.43. The van der Waals surface area contributed by atoms with Gasteiger partial charge in [-0.05, 0) is 12.1 Å². The van der Waals surface area contributed by atoms with Crippen LogP contribution in [0.25, 0.3) is 0 Å². The summed E-state index contributed by atoms with van der Waals surface area (Å²) in [6.45, 7) is 3.80. The molecule has 0 spiro atoms. The highest BCUT2D eigenvalue weighted by Gasteiger charge is 2.15. The summed E-state index contributed by atoms with van der Waals surface area (Å²) in [7, 11) is 0. The Bertz CT molecular complexity index is 330. The van der Waals surface area contributed by atoms with Crippen molar-refractivity contribution in [2.75, 3.05) is 6.61 Å². The standard InChI is InChI=1S/C11H15BrFNO/c1-7(2)14-11(6-15)9-4-3-8(12)5-10(9)13/h3-5,7,11,14-15H,6H2,1-2H3. The number of benzene rings is 1. The Hall–Kier alpha value is -0.450. The van der Waals surface area contributed by atoms with E-state index >= 15 is 0 Å². The molecule has 15 heavy (non-hydrogen) atoms. The van der Waals surface area contributed by atoms with Crippen LogP contribution in [0.4, 0.5) is 4.39 Å². The van der Waals surface area contributed by atoms with Crippen LogP contribution in [0.5, 0.6) is 0 Å². The minimum Gasteiger partial charge on any atom is -0.394 e. The van der Waals surface area contributed by atoms with E-state index in [0.29, 0.717) is 10.0 Å². The summed E-state index contributed by atoms with van der Waals surface area (Å²) in [5.41, 5.74) is 0.495. The van der Waals surface area contributed by atoms with E-state index in [0.717, 1.165) is 0 Å². The molecule has 0 saturated carbocycles. The third-order valence-electron chi connectivity index (χ3n) is 2.06. The SMILES string of the molecule is CC(C)NC(CO)c1ccc(Br)cc1F. The van der Waals surface area contributed by atoms with Crippen molar-refractivity contribution >= 4 is 15.9 Å². The van der Waals surface area contributed by atoms with Crippen molar-refractivity contribution in [1.29, 1.82) is 0 Å². The summed E-state index contributed by atoms with van der Waals surface area (Å²) >= 11 is 3.20. The summed E-state index contributed by atoms with van der Waals surface area (Å²) < 4.78 is 14.3. The second-order valence-electron chi connectivity index (χ2n) is 3.72. The number of aliphatic hydroxyl groups is 1. The lowest BCUT2D eigenvalue weighted by atomic mass is 10.1. The predicted octanol–water partition coefficient (Wildman–Crippen LogP) is 2.62. The molecule has 0 radical (unpaired) electrons. The molecule has 2 N–H and O–H groups in total. The average Bonchev–Trinajstić information content (AvgIpc) is 2.14. The normalized spacial score (nSPS) is 13.2. The van der Waals surface area contributed by atoms with Gasteiger partial charge in [0.15, 0.2) is 0 Å². The van der Waals surface area contributed by atoms with Gasteiger partial charge >= 0.3 is 0 Å². The maximum atomic E-state index is 13.6. The molecule has 1 aromatic carbocycles. The lowest BCUT2D eigenvalue weighted by Crippen LogP contribution is -2.31. The van der Waals surface area contributed by atoms with Crippen molar-refractivity contribution in [3.63, 3.8) is 0 Å². The molecule has 0 saturated heterocycles. The second-order valence-corrected chi connectivity index (χ2v) is 4.64. The highest BCUT2D eigenvalue weighted by molar-refractivity contribution is 9.10. The van der Waals surface area contributed by atoms with Crippen LogP contribution in [0.3, 0.4) is 0 Å². The van der Waals surface area contributed by atoms with Crippen LogP contribution in [-0.4, -0.2) is 17.8 Å². The first-order valence-electron chi connectivity index (χ1n) is 4.86. The summed E-state index contributed by atoms with van der Waals surface area (Å²) in [6, 6.07) is 4.70. The number of rotatable bonds is 4. The molecule has 1 rings (SSSR count). The van der Waals surface area contributed by atoms with Gasteiger partial charge in [-0.25, -0.2) is 4.39 Å². The lowest BCUT2D eigenvalue weighted by Gasteiger charge is -2.20. The molecule has 0 bridgehead atoms. The van der Waals surface area contributed by atoms with E-state index in [9.17, 15) is 9.50 Å². The van der Waals surface area contributed by atoms with E-state index in [1.807, 2.05) is 13.8 Å². The molecular formula is C11H15BrFNO. The molecule has 0 amide bonds. The number of nitrogens with one attached hydrogen (secondary N) is 1. The molecule has 2 nitrogen and oxygen atoms in total. The highest BCUT2D eigenvalue weighted by Crippen LogP contribution is 2.21. The fraction of sp³-hybridized carbons (Fsp3) is 0.455. The maximum absolute atomic E-state index is 13.6. The van der Waals surface area contributed by atoms with Gasteiger partial charge in [-0.1, -0.05) is 35.8 Å².